The molecule has 0 heterocycles. The Hall–Kier alpha value is 0.730. The van der Waals surface area contributed by atoms with Crippen LogP contribution in [-0.2, 0) is 0 Å². The molecule has 0 fully saturated rings. The second-order valence-electron chi connectivity index (χ2n) is 1.92. The first-order valence-corrected chi connectivity index (χ1v) is 3.53. The Morgan fingerprint density at radius 2 is 2.00 bits per heavy atom. The third kappa shape index (κ3) is 2.94. The van der Waals surface area contributed by atoms with E-state index >= 15 is 0 Å². The van der Waals surface area contributed by atoms with Gasteiger partial charge in [0.05, 0.1) is 0 Å². The van der Waals surface area contributed by atoms with E-state index < -0.39 is 0 Å². The van der Waals surface area contributed by atoms with Crippen LogP contribution in [0.25, 0.3) is 0 Å². The monoisotopic (exact) mass is 201 g/mol. The zero-order valence-electron chi connectivity index (χ0n) is 5.53. The molecule has 0 bridgehead atoms. The number of alkyl halides is 1. The van der Waals surface area contributed by atoms with E-state index in [2.05, 4.69) is 20.8 Å². The van der Waals surface area contributed by atoms with E-state index in [-0.39, 0.29) is 22.4 Å². The van der Waals surface area contributed by atoms with Gasteiger partial charge in [-0.3, -0.25) is 0 Å². The van der Waals surface area contributed by atoms with Crippen molar-refractivity contribution in [2.24, 2.45) is 5.92 Å². The molecular weight excluding hydrogens is 187 g/mol. The van der Waals surface area contributed by atoms with E-state index in [1.807, 2.05) is 0 Å². The summed E-state index contributed by atoms with van der Waals surface area (Å²) in [5, 5.41) is 0. The van der Waals surface area contributed by atoms with Crippen LogP contribution in [0.4, 0.5) is 0 Å². The molecule has 0 aromatic carbocycles. The van der Waals surface area contributed by atoms with Crippen molar-refractivity contribution in [3.05, 3.63) is 0 Å². The van der Waals surface area contributed by atoms with Gasteiger partial charge in [0.2, 0.25) is 0 Å². The van der Waals surface area contributed by atoms with Crippen molar-refractivity contribution in [1.82, 2.24) is 0 Å². The molecule has 0 aromatic rings. The van der Waals surface area contributed by atoms with Crippen molar-refractivity contribution in [1.29, 1.82) is 0.594 Å². The molecule has 0 saturated carbocycles. The molecule has 40 valence electrons. The summed E-state index contributed by atoms with van der Waals surface area (Å²) in [6.07, 6.45) is 0. The third-order valence-electron chi connectivity index (χ3n) is 0.919. The van der Waals surface area contributed by atoms with Crippen molar-refractivity contribution in [3.63, 3.8) is 0 Å². The molecular formula is C5H12I-. The van der Waals surface area contributed by atoms with Crippen molar-refractivity contribution in [2.75, 3.05) is 0 Å². The summed E-state index contributed by atoms with van der Waals surface area (Å²) in [5.41, 5.74) is 0. The van der Waals surface area contributed by atoms with Crippen LogP contribution in [0.5, 0.6) is 0 Å². The quantitative estimate of drug-likeness (QED) is 0.369. The van der Waals surface area contributed by atoms with Crippen LogP contribution < -0.4 is 22.4 Å². The molecule has 0 aliphatic rings. The Kier molecular flexibility index (Phi) is 2.30. The van der Waals surface area contributed by atoms with Gasteiger partial charge >= 0.3 is 53.6 Å². The Bertz CT molecular complexity index is 45.3. The maximum absolute atomic E-state index is 7.05. The van der Waals surface area contributed by atoms with Crippen LogP contribution in [0.3, 0.4) is 0 Å². The molecule has 0 aliphatic heterocycles. The Balaban J connectivity index is 3.14. The van der Waals surface area contributed by atoms with Crippen molar-refractivity contribution in [3.8, 4) is 0 Å². The second-order valence-corrected chi connectivity index (χ2v) is 3.89. The zero-order valence-corrected chi connectivity index (χ0v) is 6.69. The van der Waals surface area contributed by atoms with Gasteiger partial charge in [0.25, 0.3) is 0 Å². The van der Waals surface area contributed by atoms with Crippen LogP contribution in [-0.4, -0.2) is 4.52 Å². The van der Waals surface area contributed by atoms with Crippen molar-refractivity contribution in [2.45, 2.75) is 24.7 Å². The summed E-state index contributed by atoms with van der Waals surface area (Å²) in [5.74, 6) is 0.727. The van der Waals surface area contributed by atoms with E-state index in [0.717, 1.165) is 5.92 Å². The minimum absolute atomic E-state index is 0.246. The van der Waals surface area contributed by atoms with Crippen LogP contribution in [0.15, 0.2) is 0 Å². The maximum atomic E-state index is 7.05. The third-order valence-corrected chi connectivity index (χ3v) is 2.36. The van der Waals surface area contributed by atoms with E-state index in [1.165, 1.54) is 0 Å². The van der Waals surface area contributed by atoms with Gasteiger partial charge in [0, 0.05) is 0 Å². The molecule has 0 saturated heterocycles. The molecule has 1 unspecified atom stereocenters. The number of rotatable bonds is 2. The second kappa shape index (κ2) is 2.83. The summed E-state index contributed by atoms with van der Waals surface area (Å²) in [6, 6.07) is 0. The van der Waals surface area contributed by atoms with Crippen molar-refractivity contribution < 1.29 is 22.4 Å². The normalized spacial score (nSPS) is 18.3. The Labute approximate surface area is 53.9 Å². The van der Waals surface area contributed by atoms with Crippen LogP contribution >= 0.6 is 0 Å². The summed E-state index contributed by atoms with van der Waals surface area (Å²) >= 11 is -0.246. The average Bonchev–Trinajstić information content (AvgIpc) is 1.65. The van der Waals surface area contributed by atoms with Crippen LogP contribution in [0.1, 0.15) is 20.8 Å². The van der Waals surface area contributed by atoms with Gasteiger partial charge in [0.15, 0.2) is 0 Å². The standard InChI is InChI=1S/C5H12I/c1-4(2)5(3)6/h4-6H,1-3H3/q-1/i6T. The zero-order chi connectivity index (χ0) is 5.86. The van der Waals surface area contributed by atoms with Crippen LogP contribution in [0.2, 0.25) is 0 Å². The van der Waals surface area contributed by atoms with E-state index in [0.29, 0.717) is 3.92 Å². The summed E-state index contributed by atoms with van der Waals surface area (Å²) in [7, 11) is 0. The first kappa shape index (κ1) is 4.88. The van der Waals surface area contributed by atoms with Gasteiger partial charge in [0.1, 0.15) is 0 Å². The van der Waals surface area contributed by atoms with Gasteiger partial charge in [-0.1, -0.05) is 0 Å². The predicted molar refractivity (Wildman–Crippen MR) is 25.7 cm³/mol. The summed E-state index contributed by atoms with van der Waals surface area (Å²) in [6.45, 7) is 6.52. The first-order chi connectivity index (χ1) is 3.18. The van der Waals surface area contributed by atoms with Crippen LogP contribution in [0, 0.1) is 5.92 Å². The molecule has 0 N–H and O–H groups in total. The molecule has 6 heavy (non-hydrogen) atoms. The summed E-state index contributed by atoms with van der Waals surface area (Å²) in [4.78, 5) is 0. The molecule has 0 nitrogen and oxygen atoms in total. The fraction of sp³-hybridized carbons (Fsp3) is 1.00. The molecule has 0 amide bonds. The molecule has 1 atom stereocenters. The Morgan fingerprint density at radius 1 is 1.50 bits per heavy atom. The first-order valence-electron chi connectivity index (χ1n) is 2.66. The van der Waals surface area contributed by atoms with E-state index in [1.54, 1.807) is 0 Å². The fourth-order valence-electron chi connectivity index (χ4n) is 0. The molecule has 0 radical (unpaired) electrons. The van der Waals surface area contributed by atoms with Gasteiger partial charge in [-0.25, -0.2) is 0 Å². The van der Waals surface area contributed by atoms with Gasteiger partial charge in [-0.05, 0) is 0 Å². The van der Waals surface area contributed by atoms with Gasteiger partial charge in [-0.15, -0.1) is 0 Å². The van der Waals surface area contributed by atoms with Crippen molar-refractivity contribution >= 4 is 0 Å². The predicted octanol–water partition coefficient (Wildman–Crippen LogP) is -1.68. The molecule has 0 aliphatic carbocycles. The topological polar surface area (TPSA) is 0 Å². The SMILES string of the molecule is [3H][I-]C(C)C(C)C. The number of halogens is 1. The minimum atomic E-state index is -0.246. The van der Waals surface area contributed by atoms with Gasteiger partial charge < -0.3 is 0 Å². The van der Waals surface area contributed by atoms with Gasteiger partial charge in [-0.2, -0.15) is 0 Å². The molecule has 0 aromatic heterocycles. The molecule has 1 heteroatoms. The fourth-order valence-corrected chi connectivity index (χ4v) is 0. The average molecular weight is 201 g/mol. The van der Waals surface area contributed by atoms with E-state index in [9.17, 15) is 0 Å². The number of hydrogen-bond donors (Lipinski definition) is 0. The Morgan fingerprint density at radius 3 is 2.00 bits per heavy atom. The molecule has 0 rings (SSSR count). The van der Waals surface area contributed by atoms with E-state index in [4.69, 9.17) is 0.594 Å². The number of hydrogen-bond acceptors (Lipinski definition) is 0. The summed E-state index contributed by atoms with van der Waals surface area (Å²) < 4.78 is 7.73. The molecule has 0 spiro atoms.